The highest BCUT2D eigenvalue weighted by atomic mass is 79.9. The molecule has 102 valence electrons. The number of benzene rings is 1. The lowest BCUT2D eigenvalue weighted by Crippen LogP contribution is -2.25. The number of rotatable bonds is 5. The highest BCUT2D eigenvalue weighted by Gasteiger charge is 2.24. The summed E-state index contributed by atoms with van der Waals surface area (Å²) in [4.78, 5) is 11.6. The molecule has 1 saturated carbocycles. The number of hydrogen-bond donors (Lipinski definition) is 1. The molecule has 1 amide bonds. The van der Waals surface area contributed by atoms with E-state index in [4.69, 9.17) is 16.3 Å². The van der Waals surface area contributed by atoms with Crippen LogP contribution in [0.15, 0.2) is 27.8 Å². The third-order valence-electron chi connectivity index (χ3n) is 2.78. The van der Waals surface area contributed by atoms with E-state index < -0.39 is 0 Å². The number of hydrogen-bond acceptors (Lipinski definition) is 3. The number of halogens is 2. The van der Waals surface area contributed by atoms with Crippen molar-refractivity contribution in [1.82, 2.24) is 5.43 Å². The number of carbonyl (C=O) groups is 1. The van der Waals surface area contributed by atoms with Crippen LogP contribution in [-0.4, -0.2) is 18.2 Å². The van der Waals surface area contributed by atoms with Crippen LogP contribution in [0.3, 0.4) is 0 Å². The van der Waals surface area contributed by atoms with Gasteiger partial charge in [-0.25, -0.2) is 5.43 Å². The van der Waals surface area contributed by atoms with Gasteiger partial charge in [-0.05, 0) is 59.8 Å². The van der Waals surface area contributed by atoms with Crippen LogP contribution in [0.25, 0.3) is 0 Å². The van der Waals surface area contributed by atoms with Gasteiger partial charge in [-0.2, -0.15) is 5.10 Å². The van der Waals surface area contributed by atoms with E-state index in [1.807, 2.05) is 6.92 Å². The maximum absolute atomic E-state index is 11.6. The summed E-state index contributed by atoms with van der Waals surface area (Å²) < 4.78 is 6.09. The molecule has 2 rings (SSSR count). The van der Waals surface area contributed by atoms with E-state index in [1.54, 1.807) is 18.2 Å². The van der Waals surface area contributed by atoms with Crippen molar-refractivity contribution in [3.8, 4) is 5.75 Å². The summed E-state index contributed by atoms with van der Waals surface area (Å²) >= 11 is 9.14. The number of hydrazone groups is 1. The Kier molecular flexibility index (Phi) is 4.82. The van der Waals surface area contributed by atoms with E-state index in [2.05, 4.69) is 26.5 Å². The Morgan fingerprint density at radius 2 is 2.32 bits per heavy atom. The summed E-state index contributed by atoms with van der Waals surface area (Å²) in [7, 11) is 0. The molecule has 4 nitrogen and oxygen atoms in total. The van der Waals surface area contributed by atoms with Crippen LogP contribution in [0.2, 0.25) is 5.02 Å². The van der Waals surface area contributed by atoms with Crippen LogP contribution in [0, 0.1) is 5.92 Å². The highest BCUT2D eigenvalue weighted by Crippen LogP contribution is 2.30. The first-order valence-corrected chi connectivity index (χ1v) is 7.14. The van der Waals surface area contributed by atoms with Crippen molar-refractivity contribution in [3.63, 3.8) is 0 Å². The van der Waals surface area contributed by atoms with Gasteiger partial charge in [0.25, 0.3) is 5.91 Å². The molecule has 0 radical (unpaired) electrons. The number of amides is 1. The molecule has 0 spiro atoms. The van der Waals surface area contributed by atoms with Crippen molar-refractivity contribution >= 4 is 39.1 Å². The molecule has 1 aromatic carbocycles. The fraction of sp³-hybridized carbons (Fsp3) is 0.385. The second-order valence-electron chi connectivity index (χ2n) is 4.43. The molecule has 1 N–H and O–H groups in total. The normalized spacial score (nSPS) is 15.2. The minimum Gasteiger partial charge on any atom is -0.483 e. The molecule has 1 aromatic rings. The molecule has 0 atom stereocenters. The average molecular weight is 346 g/mol. The van der Waals surface area contributed by atoms with Gasteiger partial charge in [-0.3, -0.25) is 4.79 Å². The Balaban J connectivity index is 1.81. The van der Waals surface area contributed by atoms with E-state index in [0.29, 0.717) is 21.2 Å². The first-order valence-electron chi connectivity index (χ1n) is 5.97. The molecule has 6 heteroatoms. The largest absolute Gasteiger partial charge is 0.483 e. The summed E-state index contributed by atoms with van der Waals surface area (Å²) in [6, 6.07) is 5.12. The van der Waals surface area contributed by atoms with E-state index in [1.165, 1.54) is 12.8 Å². The average Bonchev–Trinajstić information content (AvgIpc) is 3.19. The lowest BCUT2D eigenvalue weighted by molar-refractivity contribution is -0.123. The molecule has 0 aromatic heterocycles. The zero-order chi connectivity index (χ0) is 13.8. The number of ether oxygens (including phenoxy) is 1. The van der Waals surface area contributed by atoms with Crippen LogP contribution < -0.4 is 10.2 Å². The van der Waals surface area contributed by atoms with Gasteiger partial charge < -0.3 is 4.74 Å². The molecular formula is C13H14BrClN2O2. The predicted molar refractivity (Wildman–Crippen MR) is 78.6 cm³/mol. The predicted octanol–water partition coefficient (Wildman–Crippen LogP) is 3.38. The lowest BCUT2D eigenvalue weighted by atomic mass is 10.3. The molecule has 1 aliphatic carbocycles. The maximum Gasteiger partial charge on any atom is 0.277 e. The van der Waals surface area contributed by atoms with Crippen LogP contribution in [-0.2, 0) is 4.79 Å². The topological polar surface area (TPSA) is 50.7 Å². The third-order valence-corrected chi connectivity index (χ3v) is 3.63. The van der Waals surface area contributed by atoms with Crippen LogP contribution in [0.4, 0.5) is 0 Å². The van der Waals surface area contributed by atoms with Crippen molar-refractivity contribution < 1.29 is 9.53 Å². The lowest BCUT2D eigenvalue weighted by Gasteiger charge is -2.07. The summed E-state index contributed by atoms with van der Waals surface area (Å²) in [6.07, 6.45) is 2.33. The molecule has 1 fully saturated rings. The van der Waals surface area contributed by atoms with E-state index in [-0.39, 0.29) is 12.5 Å². The number of carbonyl (C=O) groups excluding carboxylic acids is 1. The third kappa shape index (κ3) is 4.51. The number of nitrogens with one attached hydrogen (secondary N) is 1. The Hall–Kier alpha value is -1.07. The Morgan fingerprint density at radius 1 is 1.58 bits per heavy atom. The minimum atomic E-state index is -0.276. The summed E-state index contributed by atoms with van der Waals surface area (Å²) in [6.45, 7) is 1.84. The first kappa shape index (κ1) is 14.3. The molecule has 1 aliphatic rings. The van der Waals surface area contributed by atoms with Gasteiger partial charge in [0.05, 0.1) is 4.47 Å². The molecule has 0 saturated heterocycles. The Labute approximate surface area is 125 Å². The van der Waals surface area contributed by atoms with Gasteiger partial charge in [-0.15, -0.1) is 0 Å². The SMILES string of the molecule is CC(=NNC(=O)COc1ccc(Cl)cc1Br)C1CC1. The molecule has 0 aliphatic heterocycles. The van der Waals surface area contributed by atoms with E-state index in [0.717, 1.165) is 5.71 Å². The van der Waals surface area contributed by atoms with Gasteiger partial charge in [-0.1, -0.05) is 11.6 Å². The zero-order valence-corrected chi connectivity index (χ0v) is 12.8. The van der Waals surface area contributed by atoms with Gasteiger partial charge in [0.15, 0.2) is 6.61 Å². The van der Waals surface area contributed by atoms with Crippen molar-refractivity contribution in [3.05, 3.63) is 27.7 Å². The van der Waals surface area contributed by atoms with E-state index in [9.17, 15) is 4.79 Å². The second kappa shape index (κ2) is 6.39. The van der Waals surface area contributed by atoms with Gasteiger partial charge in [0, 0.05) is 10.7 Å². The first-order chi connectivity index (χ1) is 9.06. The second-order valence-corrected chi connectivity index (χ2v) is 5.72. The molecule has 19 heavy (non-hydrogen) atoms. The zero-order valence-electron chi connectivity index (χ0n) is 10.5. The molecule has 0 unspecified atom stereocenters. The summed E-state index contributed by atoms with van der Waals surface area (Å²) in [5.74, 6) is 0.843. The fourth-order valence-electron chi connectivity index (χ4n) is 1.51. The van der Waals surface area contributed by atoms with Crippen molar-refractivity contribution in [2.24, 2.45) is 11.0 Å². The quantitative estimate of drug-likeness (QED) is 0.657. The Bertz CT molecular complexity index is 515. The maximum atomic E-state index is 11.6. The summed E-state index contributed by atoms with van der Waals surface area (Å²) in [5.41, 5.74) is 3.46. The van der Waals surface area contributed by atoms with Crippen molar-refractivity contribution in [1.29, 1.82) is 0 Å². The Morgan fingerprint density at radius 3 is 2.95 bits per heavy atom. The van der Waals surface area contributed by atoms with Crippen LogP contribution in [0.1, 0.15) is 19.8 Å². The van der Waals surface area contributed by atoms with E-state index >= 15 is 0 Å². The standard InChI is InChI=1S/C13H14BrClN2O2/c1-8(9-2-3-9)16-17-13(18)7-19-12-5-4-10(15)6-11(12)14/h4-6,9H,2-3,7H2,1H3,(H,17,18). The smallest absolute Gasteiger partial charge is 0.277 e. The fourth-order valence-corrected chi connectivity index (χ4v) is 2.31. The minimum absolute atomic E-state index is 0.0817. The molecule has 0 bridgehead atoms. The van der Waals surface area contributed by atoms with Gasteiger partial charge in [0.2, 0.25) is 0 Å². The van der Waals surface area contributed by atoms with Crippen LogP contribution >= 0.6 is 27.5 Å². The van der Waals surface area contributed by atoms with Gasteiger partial charge in [0.1, 0.15) is 5.75 Å². The van der Waals surface area contributed by atoms with Gasteiger partial charge >= 0.3 is 0 Å². The molecular weight excluding hydrogens is 332 g/mol. The van der Waals surface area contributed by atoms with Crippen LogP contribution in [0.5, 0.6) is 5.75 Å². The summed E-state index contributed by atoms with van der Waals surface area (Å²) in [5, 5.41) is 4.64. The van der Waals surface area contributed by atoms with Crippen molar-refractivity contribution in [2.75, 3.05) is 6.61 Å². The van der Waals surface area contributed by atoms with Crippen molar-refractivity contribution in [2.45, 2.75) is 19.8 Å². The monoisotopic (exact) mass is 344 g/mol. The molecule has 0 heterocycles. The number of nitrogens with zero attached hydrogens (tertiary/aromatic N) is 1. The highest BCUT2D eigenvalue weighted by molar-refractivity contribution is 9.10.